The van der Waals surface area contributed by atoms with Crippen molar-refractivity contribution in [1.82, 2.24) is 4.90 Å². The molecule has 3 nitrogen and oxygen atoms in total. The summed E-state index contributed by atoms with van der Waals surface area (Å²) in [6.45, 7) is 7.52. The molecule has 0 fully saturated rings. The Balaban J connectivity index is 3.76. The van der Waals surface area contributed by atoms with Gasteiger partial charge in [-0.05, 0) is 19.9 Å². The summed E-state index contributed by atoms with van der Waals surface area (Å²) >= 11 is 0. The quantitative estimate of drug-likeness (QED) is 0.598. The molecule has 0 saturated heterocycles. The van der Waals surface area contributed by atoms with Crippen molar-refractivity contribution in [2.24, 2.45) is 5.73 Å². The number of carbonyl (C=O) groups excluding carboxylic acids is 1. The third-order valence-corrected chi connectivity index (χ3v) is 1.68. The van der Waals surface area contributed by atoms with Crippen LogP contribution in [0.15, 0.2) is 12.7 Å². The molecule has 0 aromatic carbocycles. The lowest BCUT2D eigenvalue weighted by Crippen LogP contribution is -2.30. The van der Waals surface area contributed by atoms with Gasteiger partial charge in [0, 0.05) is 19.5 Å². The van der Waals surface area contributed by atoms with Crippen molar-refractivity contribution in [1.29, 1.82) is 0 Å². The standard InChI is InChI=1S/C9H18N2O/c1-3-8-11(4-2)9(12)6-5-7-10/h3H,1,4-8,10H2,2H3. The second-order valence-electron chi connectivity index (χ2n) is 2.61. The molecule has 0 radical (unpaired) electrons. The number of hydrogen-bond donors (Lipinski definition) is 1. The highest BCUT2D eigenvalue weighted by molar-refractivity contribution is 5.76. The Kier molecular flexibility index (Phi) is 6.38. The third kappa shape index (κ3) is 4.13. The first kappa shape index (κ1) is 11.2. The molecule has 0 atom stereocenters. The minimum atomic E-state index is 0.169. The smallest absolute Gasteiger partial charge is 0.222 e. The minimum absolute atomic E-state index is 0.169. The first-order valence-electron chi connectivity index (χ1n) is 4.35. The zero-order valence-corrected chi connectivity index (χ0v) is 7.75. The van der Waals surface area contributed by atoms with Gasteiger partial charge in [-0.25, -0.2) is 0 Å². The summed E-state index contributed by atoms with van der Waals surface area (Å²) in [7, 11) is 0. The van der Waals surface area contributed by atoms with Crippen LogP contribution in [0.2, 0.25) is 0 Å². The van der Waals surface area contributed by atoms with Crippen LogP contribution in [0, 0.1) is 0 Å². The second-order valence-corrected chi connectivity index (χ2v) is 2.61. The molecule has 0 aromatic rings. The molecule has 0 aliphatic rings. The molecule has 0 aliphatic carbocycles. The van der Waals surface area contributed by atoms with Crippen LogP contribution in [0.25, 0.3) is 0 Å². The molecule has 1 amide bonds. The van der Waals surface area contributed by atoms with E-state index in [0.29, 0.717) is 19.5 Å². The Labute approximate surface area is 74.2 Å². The highest BCUT2D eigenvalue weighted by Crippen LogP contribution is 1.96. The van der Waals surface area contributed by atoms with Crippen molar-refractivity contribution >= 4 is 5.91 Å². The number of nitrogens with zero attached hydrogens (tertiary/aromatic N) is 1. The lowest BCUT2D eigenvalue weighted by Gasteiger charge is -2.18. The van der Waals surface area contributed by atoms with Crippen molar-refractivity contribution in [3.05, 3.63) is 12.7 Å². The van der Waals surface area contributed by atoms with Gasteiger partial charge >= 0.3 is 0 Å². The van der Waals surface area contributed by atoms with Crippen molar-refractivity contribution in [3.8, 4) is 0 Å². The summed E-state index contributed by atoms with van der Waals surface area (Å²) in [5, 5.41) is 0. The van der Waals surface area contributed by atoms with Gasteiger partial charge in [0.25, 0.3) is 0 Å². The van der Waals surface area contributed by atoms with Crippen LogP contribution < -0.4 is 5.73 Å². The molecule has 0 aromatic heterocycles. The van der Waals surface area contributed by atoms with Gasteiger partial charge in [-0.3, -0.25) is 4.79 Å². The summed E-state index contributed by atoms with van der Waals surface area (Å²) in [6.07, 6.45) is 3.06. The van der Waals surface area contributed by atoms with Crippen LogP contribution in [-0.2, 0) is 4.79 Å². The zero-order chi connectivity index (χ0) is 9.40. The highest BCUT2D eigenvalue weighted by Gasteiger charge is 2.07. The van der Waals surface area contributed by atoms with E-state index in [-0.39, 0.29) is 5.91 Å². The van der Waals surface area contributed by atoms with Gasteiger partial charge in [-0.15, -0.1) is 6.58 Å². The van der Waals surface area contributed by atoms with Crippen LogP contribution in [-0.4, -0.2) is 30.4 Å². The maximum atomic E-state index is 11.3. The van der Waals surface area contributed by atoms with Crippen LogP contribution in [0.4, 0.5) is 0 Å². The Hall–Kier alpha value is -0.830. The van der Waals surface area contributed by atoms with Crippen molar-refractivity contribution in [3.63, 3.8) is 0 Å². The zero-order valence-electron chi connectivity index (χ0n) is 7.75. The molecular weight excluding hydrogens is 152 g/mol. The summed E-state index contributed by atoms with van der Waals surface area (Å²) < 4.78 is 0. The summed E-state index contributed by atoms with van der Waals surface area (Å²) in [5.41, 5.74) is 5.30. The molecule has 0 rings (SSSR count). The van der Waals surface area contributed by atoms with Crippen LogP contribution >= 0.6 is 0 Å². The maximum absolute atomic E-state index is 11.3. The van der Waals surface area contributed by atoms with Gasteiger partial charge in [0.2, 0.25) is 5.91 Å². The molecule has 2 N–H and O–H groups in total. The van der Waals surface area contributed by atoms with Crippen LogP contribution in [0.1, 0.15) is 19.8 Å². The van der Waals surface area contributed by atoms with Crippen molar-refractivity contribution in [2.45, 2.75) is 19.8 Å². The molecule has 0 unspecified atom stereocenters. The molecule has 0 aliphatic heterocycles. The predicted octanol–water partition coefficient (Wildman–Crippen LogP) is 0.760. The fraction of sp³-hybridized carbons (Fsp3) is 0.667. The number of carbonyl (C=O) groups is 1. The van der Waals surface area contributed by atoms with E-state index in [1.165, 1.54) is 0 Å². The third-order valence-electron chi connectivity index (χ3n) is 1.68. The number of rotatable bonds is 6. The van der Waals surface area contributed by atoms with Gasteiger partial charge in [0.1, 0.15) is 0 Å². The molecule has 12 heavy (non-hydrogen) atoms. The van der Waals surface area contributed by atoms with Crippen molar-refractivity contribution < 1.29 is 4.79 Å². The van der Waals surface area contributed by atoms with E-state index in [0.717, 1.165) is 13.0 Å². The topological polar surface area (TPSA) is 46.3 Å². The Morgan fingerprint density at radius 2 is 2.33 bits per heavy atom. The Morgan fingerprint density at radius 1 is 1.67 bits per heavy atom. The van der Waals surface area contributed by atoms with Gasteiger partial charge < -0.3 is 10.6 Å². The fourth-order valence-electron chi connectivity index (χ4n) is 0.975. The first-order valence-corrected chi connectivity index (χ1v) is 4.35. The lowest BCUT2D eigenvalue weighted by atomic mass is 10.2. The number of amides is 1. The van der Waals surface area contributed by atoms with Gasteiger partial charge in [0.15, 0.2) is 0 Å². The van der Waals surface area contributed by atoms with Gasteiger partial charge in [-0.2, -0.15) is 0 Å². The average Bonchev–Trinajstić information content (AvgIpc) is 2.10. The molecule has 3 heteroatoms. The lowest BCUT2D eigenvalue weighted by molar-refractivity contribution is -0.130. The monoisotopic (exact) mass is 170 g/mol. The summed E-state index contributed by atoms with van der Waals surface area (Å²) in [6, 6.07) is 0. The summed E-state index contributed by atoms with van der Waals surface area (Å²) in [5.74, 6) is 0.169. The molecule has 0 bridgehead atoms. The largest absolute Gasteiger partial charge is 0.339 e. The molecule has 0 spiro atoms. The molecule has 0 heterocycles. The number of hydrogen-bond acceptors (Lipinski definition) is 2. The minimum Gasteiger partial charge on any atom is -0.339 e. The number of nitrogens with two attached hydrogens (primary N) is 1. The van der Waals surface area contributed by atoms with E-state index < -0.39 is 0 Å². The SMILES string of the molecule is C=CCN(CC)C(=O)CCCN. The van der Waals surface area contributed by atoms with E-state index in [1.54, 1.807) is 11.0 Å². The van der Waals surface area contributed by atoms with E-state index in [2.05, 4.69) is 6.58 Å². The number of likely N-dealkylation sites (N-methyl/N-ethyl adjacent to an activating group) is 1. The molecule has 0 saturated carbocycles. The maximum Gasteiger partial charge on any atom is 0.222 e. The van der Waals surface area contributed by atoms with Gasteiger partial charge in [0.05, 0.1) is 0 Å². The van der Waals surface area contributed by atoms with E-state index in [9.17, 15) is 4.79 Å². The summed E-state index contributed by atoms with van der Waals surface area (Å²) in [4.78, 5) is 13.1. The highest BCUT2D eigenvalue weighted by atomic mass is 16.2. The Morgan fingerprint density at radius 3 is 2.75 bits per heavy atom. The normalized spacial score (nSPS) is 9.50. The van der Waals surface area contributed by atoms with E-state index in [4.69, 9.17) is 5.73 Å². The van der Waals surface area contributed by atoms with Gasteiger partial charge in [-0.1, -0.05) is 6.08 Å². The first-order chi connectivity index (χ1) is 5.76. The average molecular weight is 170 g/mol. The molecular formula is C9H18N2O. The van der Waals surface area contributed by atoms with Crippen molar-refractivity contribution in [2.75, 3.05) is 19.6 Å². The molecule has 70 valence electrons. The van der Waals surface area contributed by atoms with Crippen LogP contribution in [0.5, 0.6) is 0 Å². The second kappa shape index (κ2) is 6.85. The fourth-order valence-corrected chi connectivity index (χ4v) is 0.975. The predicted molar refractivity (Wildman–Crippen MR) is 50.7 cm³/mol. The van der Waals surface area contributed by atoms with E-state index in [1.807, 2.05) is 6.92 Å². The van der Waals surface area contributed by atoms with E-state index >= 15 is 0 Å². The Bertz CT molecular complexity index is 145. The van der Waals surface area contributed by atoms with Crippen LogP contribution in [0.3, 0.4) is 0 Å².